The van der Waals surface area contributed by atoms with Gasteiger partial charge in [-0.1, -0.05) is 29.3 Å². The lowest BCUT2D eigenvalue weighted by Crippen LogP contribution is -2.13. The smallest absolute Gasteiger partial charge is 0.317 e. The van der Waals surface area contributed by atoms with E-state index >= 15 is 0 Å². The maximum absolute atomic E-state index is 10.6. The number of ether oxygens (including phenoxy) is 2. The number of rotatable bonds is 6. The molecule has 0 saturated carbocycles. The molecule has 96 valence electrons. The molecular weight excluding hydrogens is 276 g/mol. The third-order valence-electron chi connectivity index (χ3n) is 1.39. The molecule has 0 radical (unpaired) electrons. The third kappa shape index (κ3) is 15.9. The first kappa shape index (κ1) is 17.8. The van der Waals surface area contributed by atoms with Crippen LogP contribution in [0.15, 0.2) is 0 Å². The molecule has 0 aliphatic carbocycles. The van der Waals surface area contributed by atoms with Crippen LogP contribution >= 0.6 is 15.9 Å². The summed E-state index contributed by atoms with van der Waals surface area (Å²) in [5.41, 5.74) is 0. The van der Waals surface area contributed by atoms with Crippen LogP contribution in [-0.2, 0) is 19.1 Å². The SMILES string of the molecule is CCCCBr.CCOC(=O)CC(=O)OCC. The average Bonchev–Trinajstić information content (AvgIpc) is 2.20. The summed E-state index contributed by atoms with van der Waals surface area (Å²) >= 11 is 3.31. The number of halogens is 1. The van der Waals surface area contributed by atoms with E-state index in [1.807, 2.05) is 0 Å². The van der Waals surface area contributed by atoms with Gasteiger partial charge in [0.1, 0.15) is 6.42 Å². The summed E-state index contributed by atoms with van der Waals surface area (Å²) in [6.45, 7) is 6.13. The third-order valence-corrected chi connectivity index (χ3v) is 1.95. The maximum Gasteiger partial charge on any atom is 0.317 e. The van der Waals surface area contributed by atoms with Gasteiger partial charge in [0.25, 0.3) is 0 Å². The zero-order chi connectivity index (χ0) is 12.8. The number of alkyl halides is 1. The minimum atomic E-state index is -0.536. The van der Waals surface area contributed by atoms with Crippen LogP contribution in [0.2, 0.25) is 0 Å². The van der Waals surface area contributed by atoms with Gasteiger partial charge in [0.15, 0.2) is 0 Å². The topological polar surface area (TPSA) is 52.6 Å². The quantitative estimate of drug-likeness (QED) is 0.430. The van der Waals surface area contributed by atoms with Crippen LogP contribution in [0.4, 0.5) is 0 Å². The molecule has 0 aliphatic rings. The highest BCUT2D eigenvalue weighted by molar-refractivity contribution is 9.09. The Morgan fingerprint density at radius 2 is 1.44 bits per heavy atom. The standard InChI is InChI=1S/C7H12O4.C4H9Br/c1-3-10-6(8)5-7(9)11-4-2;1-2-3-4-5/h3-5H2,1-2H3;2-4H2,1H3. The fourth-order valence-electron chi connectivity index (χ4n) is 0.676. The van der Waals surface area contributed by atoms with Crippen LogP contribution in [0, 0.1) is 0 Å². The lowest BCUT2D eigenvalue weighted by Gasteiger charge is -2.00. The van der Waals surface area contributed by atoms with E-state index in [9.17, 15) is 9.59 Å². The molecule has 0 saturated heterocycles. The highest BCUT2D eigenvalue weighted by atomic mass is 79.9. The van der Waals surface area contributed by atoms with E-state index in [-0.39, 0.29) is 19.6 Å². The van der Waals surface area contributed by atoms with E-state index in [2.05, 4.69) is 32.3 Å². The van der Waals surface area contributed by atoms with Crippen molar-refractivity contribution in [3.8, 4) is 0 Å². The molecule has 0 heterocycles. The highest BCUT2D eigenvalue weighted by Crippen LogP contribution is 1.90. The number of unbranched alkanes of at least 4 members (excludes halogenated alkanes) is 1. The lowest BCUT2D eigenvalue weighted by molar-refractivity contribution is -0.153. The Kier molecular flexibility index (Phi) is 16.0. The van der Waals surface area contributed by atoms with Gasteiger partial charge in [-0.15, -0.1) is 0 Å². The molecule has 0 spiro atoms. The van der Waals surface area contributed by atoms with Crippen molar-refractivity contribution in [2.75, 3.05) is 18.5 Å². The van der Waals surface area contributed by atoms with Crippen molar-refractivity contribution < 1.29 is 19.1 Å². The first-order valence-corrected chi connectivity index (χ1v) is 6.61. The molecule has 0 N–H and O–H groups in total. The van der Waals surface area contributed by atoms with E-state index in [0.717, 1.165) is 5.33 Å². The van der Waals surface area contributed by atoms with Crippen molar-refractivity contribution in [3.63, 3.8) is 0 Å². The molecule has 16 heavy (non-hydrogen) atoms. The molecule has 0 bridgehead atoms. The number of hydrogen-bond donors (Lipinski definition) is 0. The van der Waals surface area contributed by atoms with Crippen LogP contribution in [0.3, 0.4) is 0 Å². The Bertz CT molecular complexity index is 165. The Morgan fingerprint density at radius 1 is 1.00 bits per heavy atom. The summed E-state index contributed by atoms with van der Waals surface area (Å²) in [5.74, 6) is -1.07. The fraction of sp³-hybridized carbons (Fsp3) is 0.818. The summed E-state index contributed by atoms with van der Waals surface area (Å²) in [5, 5.41) is 1.16. The first-order valence-electron chi connectivity index (χ1n) is 5.49. The van der Waals surface area contributed by atoms with Crippen LogP contribution in [0.5, 0.6) is 0 Å². The van der Waals surface area contributed by atoms with Gasteiger partial charge in [-0.25, -0.2) is 0 Å². The molecule has 0 unspecified atom stereocenters. The van der Waals surface area contributed by atoms with Crippen molar-refractivity contribution in [1.29, 1.82) is 0 Å². The molecule has 0 aromatic heterocycles. The zero-order valence-electron chi connectivity index (χ0n) is 10.3. The molecule has 0 aromatic rings. The predicted molar refractivity (Wildman–Crippen MR) is 66.6 cm³/mol. The van der Waals surface area contributed by atoms with Crippen LogP contribution < -0.4 is 0 Å². The number of esters is 2. The molecule has 0 rings (SSSR count). The van der Waals surface area contributed by atoms with Gasteiger partial charge in [0.2, 0.25) is 0 Å². The second-order valence-electron chi connectivity index (χ2n) is 2.83. The van der Waals surface area contributed by atoms with E-state index in [4.69, 9.17) is 0 Å². The summed E-state index contributed by atoms with van der Waals surface area (Å²) in [7, 11) is 0. The Morgan fingerprint density at radius 3 is 1.62 bits per heavy atom. The fourth-order valence-corrected chi connectivity index (χ4v) is 1.24. The number of carbonyl (C=O) groups is 2. The second kappa shape index (κ2) is 14.4. The van der Waals surface area contributed by atoms with E-state index in [1.165, 1.54) is 12.8 Å². The molecule has 0 atom stereocenters. The van der Waals surface area contributed by atoms with Crippen molar-refractivity contribution >= 4 is 27.9 Å². The average molecular weight is 297 g/mol. The van der Waals surface area contributed by atoms with Gasteiger partial charge in [0, 0.05) is 5.33 Å². The zero-order valence-corrected chi connectivity index (χ0v) is 11.8. The van der Waals surface area contributed by atoms with Gasteiger partial charge >= 0.3 is 11.9 Å². The van der Waals surface area contributed by atoms with Crippen LogP contribution in [0.1, 0.15) is 40.0 Å². The van der Waals surface area contributed by atoms with E-state index in [1.54, 1.807) is 13.8 Å². The molecule has 4 nitrogen and oxygen atoms in total. The molecule has 0 aliphatic heterocycles. The highest BCUT2D eigenvalue weighted by Gasteiger charge is 2.09. The molecule has 0 fully saturated rings. The number of hydrogen-bond acceptors (Lipinski definition) is 4. The largest absolute Gasteiger partial charge is 0.466 e. The Balaban J connectivity index is 0. The summed E-state index contributed by atoms with van der Waals surface area (Å²) in [6, 6.07) is 0. The Hall–Kier alpha value is -0.580. The molecular formula is C11H21BrO4. The maximum atomic E-state index is 10.6. The van der Waals surface area contributed by atoms with Gasteiger partial charge in [-0.3, -0.25) is 9.59 Å². The van der Waals surface area contributed by atoms with Crippen molar-refractivity contribution in [3.05, 3.63) is 0 Å². The molecule has 0 aromatic carbocycles. The van der Waals surface area contributed by atoms with Gasteiger partial charge in [-0.05, 0) is 20.3 Å². The lowest BCUT2D eigenvalue weighted by atomic mass is 10.4. The van der Waals surface area contributed by atoms with Crippen molar-refractivity contribution in [2.24, 2.45) is 0 Å². The minimum Gasteiger partial charge on any atom is -0.466 e. The minimum absolute atomic E-state index is 0.290. The van der Waals surface area contributed by atoms with Gasteiger partial charge < -0.3 is 9.47 Å². The molecule has 0 amide bonds. The van der Waals surface area contributed by atoms with E-state index in [0.29, 0.717) is 0 Å². The first-order chi connectivity index (χ1) is 7.62. The predicted octanol–water partition coefficient (Wildman–Crippen LogP) is 2.68. The van der Waals surface area contributed by atoms with Gasteiger partial charge in [0.05, 0.1) is 13.2 Å². The number of carbonyl (C=O) groups excluding carboxylic acids is 2. The summed E-state index contributed by atoms with van der Waals surface area (Å²) < 4.78 is 9.04. The normalized spacial score (nSPS) is 8.75. The monoisotopic (exact) mass is 296 g/mol. The molecule has 5 heteroatoms. The van der Waals surface area contributed by atoms with Crippen molar-refractivity contribution in [1.82, 2.24) is 0 Å². The van der Waals surface area contributed by atoms with Gasteiger partial charge in [-0.2, -0.15) is 0 Å². The van der Waals surface area contributed by atoms with Crippen molar-refractivity contribution in [2.45, 2.75) is 40.0 Å². The Labute approximate surface area is 106 Å². The second-order valence-corrected chi connectivity index (χ2v) is 3.62. The van der Waals surface area contributed by atoms with E-state index < -0.39 is 11.9 Å². The van der Waals surface area contributed by atoms with Crippen LogP contribution in [-0.4, -0.2) is 30.5 Å². The van der Waals surface area contributed by atoms with Crippen LogP contribution in [0.25, 0.3) is 0 Å². The summed E-state index contributed by atoms with van der Waals surface area (Å²) in [4.78, 5) is 21.2. The summed E-state index contributed by atoms with van der Waals surface area (Å²) in [6.07, 6.45) is 2.31.